The molecule has 0 radical (unpaired) electrons. The number of nitrogens with zero attached hydrogens (tertiary/aromatic N) is 2. The second-order valence-electron chi connectivity index (χ2n) is 7.69. The lowest BCUT2D eigenvalue weighted by Crippen LogP contribution is -2.49. The minimum Gasteiger partial charge on any atom is -0.478 e. The van der Waals surface area contributed by atoms with Gasteiger partial charge in [0, 0.05) is 25.5 Å². The van der Waals surface area contributed by atoms with E-state index in [0.717, 1.165) is 25.7 Å². The van der Waals surface area contributed by atoms with Crippen LogP contribution in [0.3, 0.4) is 0 Å². The van der Waals surface area contributed by atoms with E-state index in [9.17, 15) is 14.7 Å². The molecule has 0 aliphatic heterocycles. The van der Waals surface area contributed by atoms with E-state index in [1.54, 1.807) is 17.0 Å². The van der Waals surface area contributed by atoms with Crippen molar-refractivity contribution in [2.75, 3.05) is 18.8 Å². The topological polar surface area (TPSA) is 162 Å². The van der Waals surface area contributed by atoms with Crippen molar-refractivity contribution in [3.63, 3.8) is 0 Å². The molecule has 162 valence electrons. The molecule has 1 fully saturated rings. The van der Waals surface area contributed by atoms with E-state index >= 15 is 0 Å². The third kappa shape index (κ3) is 4.80. The summed E-state index contributed by atoms with van der Waals surface area (Å²) in [6.07, 6.45) is 8.00. The molecule has 0 bridgehead atoms. The zero-order valence-corrected chi connectivity index (χ0v) is 16.9. The molecule has 1 amide bonds. The predicted molar refractivity (Wildman–Crippen MR) is 112 cm³/mol. The summed E-state index contributed by atoms with van der Waals surface area (Å²) in [6.45, 7) is 0.907. The van der Waals surface area contributed by atoms with E-state index in [1.165, 1.54) is 18.8 Å². The van der Waals surface area contributed by atoms with E-state index in [0.29, 0.717) is 30.2 Å². The number of anilines is 1. The summed E-state index contributed by atoms with van der Waals surface area (Å²) in [5, 5.41) is 9.22. The highest BCUT2D eigenvalue weighted by Crippen LogP contribution is 2.30. The van der Waals surface area contributed by atoms with Gasteiger partial charge in [0.1, 0.15) is 17.1 Å². The average molecular weight is 415 g/mol. The molecule has 1 aliphatic carbocycles. The van der Waals surface area contributed by atoms with Crippen LogP contribution in [-0.4, -0.2) is 46.0 Å². The highest BCUT2D eigenvalue weighted by atomic mass is 16.4. The van der Waals surface area contributed by atoms with Crippen molar-refractivity contribution >= 4 is 17.6 Å². The Morgan fingerprint density at radius 3 is 2.63 bits per heavy atom. The summed E-state index contributed by atoms with van der Waals surface area (Å²) in [5.41, 5.74) is 18.3. The number of carbonyl (C=O) groups excluding carboxylic acids is 1. The first kappa shape index (κ1) is 21.8. The number of carboxylic acids is 1. The van der Waals surface area contributed by atoms with E-state index in [-0.39, 0.29) is 29.6 Å². The largest absolute Gasteiger partial charge is 0.478 e. The van der Waals surface area contributed by atoms with Gasteiger partial charge in [-0.2, -0.15) is 0 Å². The number of rotatable bonds is 8. The summed E-state index contributed by atoms with van der Waals surface area (Å²) >= 11 is 0. The van der Waals surface area contributed by atoms with Crippen LogP contribution in [0, 0.1) is 5.92 Å². The highest BCUT2D eigenvalue weighted by Gasteiger charge is 2.30. The first-order valence-electron chi connectivity index (χ1n) is 10.2. The Morgan fingerprint density at radius 1 is 1.23 bits per heavy atom. The van der Waals surface area contributed by atoms with Crippen molar-refractivity contribution in [3.8, 4) is 11.3 Å². The molecule has 1 atom stereocenters. The van der Waals surface area contributed by atoms with Gasteiger partial charge >= 0.3 is 5.97 Å². The SMILES string of the molecule is NCCN(Cc1ccc(-c2cncc(C(=O)O)c2N)o1)C(=O)[C@@H](N)C1CCCCC1. The second kappa shape index (κ2) is 9.73. The number of aromatic carboxylic acids is 1. The van der Waals surface area contributed by atoms with Crippen LogP contribution in [-0.2, 0) is 11.3 Å². The minimum atomic E-state index is -1.16. The lowest BCUT2D eigenvalue weighted by Gasteiger charge is -2.31. The van der Waals surface area contributed by atoms with Gasteiger partial charge in [-0.05, 0) is 30.9 Å². The summed E-state index contributed by atoms with van der Waals surface area (Å²) in [7, 11) is 0. The zero-order chi connectivity index (χ0) is 21.7. The van der Waals surface area contributed by atoms with Crippen molar-refractivity contribution in [2.45, 2.75) is 44.7 Å². The van der Waals surface area contributed by atoms with Crippen LogP contribution in [0.1, 0.15) is 48.2 Å². The summed E-state index contributed by atoms with van der Waals surface area (Å²) in [5.74, 6) is -0.176. The predicted octanol–water partition coefficient (Wildman–Crippen LogP) is 1.82. The fraction of sp³-hybridized carbons (Fsp3) is 0.476. The summed E-state index contributed by atoms with van der Waals surface area (Å²) < 4.78 is 5.85. The minimum absolute atomic E-state index is 0.0765. The van der Waals surface area contributed by atoms with Crippen molar-refractivity contribution in [1.82, 2.24) is 9.88 Å². The molecule has 2 aromatic heterocycles. The monoisotopic (exact) mass is 415 g/mol. The molecule has 0 saturated heterocycles. The van der Waals surface area contributed by atoms with Crippen LogP contribution in [0.15, 0.2) is 28.9 Å². The quantitative estimate of drug-likeness (QED) is 0.507. The number of nitrogen functional groups attached to an aromatic ring is 1. The Hall–Kier alpha value is -2.91. The van der Waals surface area contributed by atoms with Crippen LogP contribution in [0.25, 0.3) is 11.3 Å². The van der Waals surface area contributed by atoms with Crippen molar-refractivity contribution in [2.24, 2.45) is 17.4 Å². The van der Waals surface area contributed by atoms with Gasteiger partial charge in [0.25, 0.3) is 0 Å². The fourth-order valence-corrected chi connectivity index (χ4v) is 3.96. The molecule has 9 nitrogen and oxygen atoms in total. The molecular weight excluding hydrogens is 386 g/mol. The van der Waals surface area contributed by atoms with Crippen LogP contribution >= 0.6 is 0 Å². The lowest BCUT2D eigenvalue weighted by atomic mass is 9.83. The van der Waals surface area contributed by atoms with Crippen molar-refractivity contribution in [1.29, 1.82) is 0 Å². The molecular formula is C21H29N5O4. The van der Waals surface area contributed by atoms with Gasteiger partial charge in [-0.1, -0.05) is 19.3 Å². The maximum atomic E-state index is 13.0. The molecule has 7 N–H and O–H groups in total. The van der Waals surface area contributed by atoms with E-state index < -0.39 is 12.0 Å². The molecule has 2 aromatic rings. The average Bonchev–Trinajstić information content (AvgIpc) is 3.21. The van der Waals surface area contributed by atoms with Gasteiger partial charge in [-0.15, -0.1) is 0 Å². The van der Waals surface area contributed by atoms with Gasteiger partial charge in [0.2, 0.25) is 5.91 Å². The molecule has 9 heteroatoms. The number of furan rings is 1. The Kier molecular flexibility index (Phi) is 7.07. The number of aromatic nitrogens is 1. The van der Waals surface area contributed by atoms with Crippen molar-refractivity contribution in [3.05, 3.63) is 35.9 Å². The van der Waals surface area contributed by atoms with Gasteiger partial charge < -0.3 is 31.6 Å². The Morgan fingerprint density at radius 2 is 1.97 bits per heavy atom. The molecule has 0 spiro atoms. The Labute approximate surface area is 175 Å². The van der Waals surface area contributed by atoms with Crippen LogP contribution < -0.4 is 17.2 Å². The highest BCUT2D eigenvalue weighted by molar-refractivity contribution is 5.97. The van der Waals surface area contributed by atoms with Crippen molar-refractivity contribution < 1.29 is 19.1 Å². The molecule has 30 heavy (non-hydrogen) atoms. The van der Waals surface area contributed by atoms with Gasteiger partial charge in [0.15, 0.2) is 0 Å². The van der Waals surface area contributed by atoms with Crippen LogP contribution in [0.4, 0.5) is 5.69 Å². The van der Waals surface area contributed by atoms with Crippen LogP contribution in [0.2, 0.25) is 0 Å². The number of hydrogen-bond donors (Lipinski definition) is 4. The van der Waals surface area contributed by atoms with Crippen LogP contribution in [0.5, 0.6) is 0 Å². The summed E-state index contributed by atoms with van der Waals surface area (Å²) in [4.78, 5) is 29.8. The maximum absolute atomic E-state index is 13.0. The van der Waals surface area contributed by atoms with E-state index in [4.69, 9.17) is 21.6 Å². The molecule has 1 aliphatic rings. The number of carbonyl (C=O) groups is 2. The number of nitrogens with two attached hydrogens (primary N) is 3. The Balaban J connectivity index is 1.76. The first-order chi connectivity index (χ1) is 14.4. The normalized spacial score (nSPS) is 15.7. The maximum Gasteiger partial charge on any atom is 0.339 e. The fourth-order valence-electron chi connectivity index (χ4n) is 3.96. The molecule has 3 rings (SSSR count). The Bertz CT molecular complexity index is 891. The number of carboxylic acid groups (broad SMARTS) is 1. The van der Waals surface area contributed by atoms with E-state index in [1.807, 2.05) is 0 Å². The van der Waals surface area contributed by atoms with Gasteiger partial charge in [-0.3, -0.25) is 9.78 Å². The standard InChI is InChI=1S/C21H29N5O4/c22-8-9-26(20(27)18(23)13-4-2-1-3-5-13)12-14-6-7-17(30-14)15-10-25-11-16(19(15)24)21(28)29/h6-7,10-11,13,18H,1-5,8-9,12,22-23H2,(H2,24,25)(H,28,29)/t18-/m0/s1. The lowest BCUT2D eigenvalue weighted by molar-refractivity contribution is -0.135. The number of amides is 1. The number of hydrogen-bond acceptors (Lipinski definition) is 7. The summed E-state index contributed by atoms with van der Waals surface area (Å²) in [6, 6.07) is 2.87. The molecule has 0 unspecified atom stereocenters. The van der Waals surface area contributed by atoms with E-state index in [2.05, 4.69) is 4.98 Å². The smallest absolute Gasteiger partial charge is 0.339 e. The third-order valence-corrected chi connectivity index (χ3v) is 5.65. The van der Waals surface area contributed by atoms with Gasteiger partial charge in [-0.25, -0.2) is 4.79 Å². The zero-order valence-electron chi connectivity index (χ0n) is 16.9. The molecule has 2 heterocycles. The first-order valence-corrected chi connectivity index (χ1v) is 10.2. The molecule has 1 saturated carbocycles. The second-order valence-corrected chi connectivity index (χ2v) is 7.69. The third-order valence-electron chi connectivity index (χ3n) is 5.65. The molecule has 0 aromatic carbocycles. The number of pyridine rings is 1. The van der Waals surface area contributed by atoms with Gasteiger partial charge in [0.05, 0.1) is 23.8 Å².